The van der Waals surface area contributed by atoms with Gasteiger partial charge < -0.3 is 5.73 Å². The van der Waals surface area contributed by atoms with Gasteiger partial charge in [0.05, 0.1) is 0 Å². The topological polar surface area (TPSA) is 29.3 Å². The van der Waals surface area contributed by atoms with Gasteiger partial charge in [0, 0.05) is 24.0 Å². The van der Waals surface area contributed by atoms with Crippen LogP contribution in [0.25, 0.3) is 0 Å². The van der Waals surface area contributed by atoms with E-state index < -0.39 is 0 Å². The van der Waals surface area contributed by atoms with Crippen LogP contribution in [0.2, 0.25) is 0 Å². The van der Waals surface area contributed by atoms with Crippen LogP contribution in [0.15, 0.2) is 29.2 Å². The van der Waals surface area contributed by atoms with Crippen LogP contribution in [0.3, 0.4) is 0 Å². The fourth-order valence-corrected chi connectivity index (χ4v) is 2.74. The van der Waals surface area contributed by atoms with Crippen molar-refractivity contribution in [2.75, 3.05) is 19.3 Å². The van der Waals surface area contributed by atoms with E-state index in [4.69, 9.17) is 5.73 Å². The zero-order valence-electron chi connectivity index (χ0n) is 10.3. The summed E-state index contributed by atoms with van der Waals surface area (Å²) in [4.78, 5) is 3.84. The number of halogens is 1. The minimum absolute atomic E-state index is 0. The van der Waals surface area contributed by atoms with E-state index in [2.05, 4.69) is 35.4 Å². The molecule has 0 aromatic heterocycles. The Morgan fingerprint density at radius 1 is 1.35 bits per heavy atom. The van der Waals surface area contributed by atoms with Crippen LogP contribution in [0, 0.1) is 0 Å². The first-order chi connectivity index (χ1) is 7.83. The molecule has 0 saturated carbocycles. The SMILES string of the molecule is CSc1ccc(CN2CCCC2CN)cc1.Cl. The monoisotopic (exact) mass is 272 g/mol. The van der Waals surface area contributed by atoms with Crippen molar-refractivity contribution in [3.05, 3.63) is 29.8 Å². The summed E-state index contributed by atoms with van der Waals surface area (Å²) in [6.45, 7) is 3.05. The van der Waals surface area contributed by atoms with Gasteiger partial charge in [0.15, 0.2) is 0 Å². The van der Waals surface area contributed by atoms with E-state index in [1.54, 1.807) is 11.8 Å². The summed E-state index contributed by atoms with van der Waals surface area (Å²) >= 11 is 1.79. The molecular weight excluding hydrogens is 252 g/mol. The van der Waals surface area contributed by atoms with Crippen molar-refractivity contribution in [3.8, 4) is 0 Å². The van der Waals surface area contributed by atoms with Gasteiger partial charge in [0.1, 0.15) is 0 Å². The molecule has 1 aliphatic heterocycles. The Bertz CT molecular complexity index is 329. The third kappa shape index (κ3) is 3.88. The molecule has 1 saturated heterocycles. The minimum atomic E-state index is 0. The number of thioether (sulfide) groups is 1. The van der Waals surface area contributed by atoms with Crippen molar-refractivity contribution in [1.82, 2.24) is 4.90 Å². The highest BCUT2D eigenvalue weighted by Crippen LogP contribution is 2.21. The molecule has 96 valence electrons. The van der Waals surface area contributed by atoms with Gasteiger partial charge in [-0.3, -0.25) is 4.90 Å². The second-order valence-corrected chi connectivity index (χ2v) is 5.23. The van der Waals surface area contributed by atoms with Crippen molar-refractivity contribution >= 4 is 24.2 Å². The average molecular weight is 273 g/mol. The van der Waals surface area contributed by atoms with Crippen LogP contribution in [0.1, 0.15) is 18.4 Å². The molecule has 17 heavy (non-hydrogen) atoms. The fourth-order valence-electron chi connectivity index (χ4n) is 2.34. The van der Waals surface area contributed by atoms with Crippen molar-refractivity contribution in [2.45, 2.75) is 30.3 Å². The van der Waals surface area contributed by atoms with E-state index in [9.17, 15) is 0 Å². The quantitative estimate of drug-likeness (QED) is 0.855. The van der Waals surface area contributed by atoms with Crippen LogP contribution in [-0.2, 0) is 6.54 Å². The molecule has 0 radical (unpaired) electrons. The summed E-state index contributed by atoms with van der Waals surface area (Å²) in [5, 5.41) is 0. The number of hydrogen-bond donors (Lipinski definition) is 1. The molecule has 2 rings (SSSR count). The number of hydrogen-bond acceptors (Lipinski definition) is 3. The Hall–Kier alpha value is -0.220. The van der Waals surface area contributed by atoms with Crippen LogP contribution >= 0.6 is 24.2 Å². The Balaban J connectivity index is 0.00000144. The van der Waals surface area contributed by atoms with Gasteiger partial charge in [-0.05, 0) is 43.3 Å². The predicted octanol–water partition coefficient (Wildman–Crippen LogP) is 2.75. The highest BCUT2D eigenvalue weighted by atomic mass is 35.5. The van der Waals surface area contributed by atoms with Gasteiger partial charge in [-0.1, -0.05) is 12.1 Å². The van der Waals surface area contributed by atoms with Crippen LogP contribution in [0.4, 0.5) is 0 Å². The van der Waals surface area contributed by atoms with Crippen LogP contribution in [-0.4, -0.2) is 30.3 Å². The largest absolute Gasteiger partial charge is 0.329 e. The van der Waals surface area contributed by atoms with Gasteiger partial charge in [-0.2, -0.15) is 0 Å². The van der Waals surface area contributed by atoms with E-state index in [1.165, 1.54) is 29.8 Å². The van der Waals surface area contributed by atoms with Crippen molar-refractivity contribution in [3.63, 3.8) is 0 Å². The predicted molar refractivity (Wildman–Crippen MR) is 78.0 cm³/mol. The smallest absolute Gasteiger partial charge is 0.0237 e. The van der Waals surface area contributed by atoms with Crippen LogP contribution in [0.5, 0.6) is 0 Å². The molecule has 0 bridgehead atoms. The lowest BCUT2D eigenvalue weighted by Crippen LogP contribution is -2.34. The number of rotatable bonds is 4. The van der Waals surface area contributed by atoms with Gasteiger partial charge >= 0.3 is 0 Å². The molecular formula is C13H21ClN2S. The molecule has 2 nitrogen and oxygen atoms in total. The van der Waals surface area contributed by atoms with E-state index in [-0.39, 0.29) is 12.4 Å². The first-order valence-corrected chi connectivity index (χ1v) is 7.13. The number of benzene rings is 1. The van der Waals surface area contributed by atoms with Crippen molar-refractivity contribution < 1.29 is 0 Å². The molecule has 2 N–H and O–H groups in total. The molecule has 1 aliphatic rings. The summed E-state index contributed by atoms with van der Waals surface area (Å²) in [5.74, 6) is 0. The van der Waals surface area contributed by atoms with Gasteiger partial charge in [0.2, 0.25) is 0 Å². The standard InChI is InChI=1S/C13H20N2S.ClH/c1-16-13-6-4-11(5-7-13)10-15-8-2-3-12(15)9-14;/h4-7,12H,2-3,8-10,14H2,1H3;1H. The lowest BCUT2D eigenvalue weighted by Gasteiger charge is -2.23. The fraction of sp³-hybridized carbons (Fsp3) is 0.538. The molecule has 4 heteroatoms. The maximum absolute atomic E-state index is 5.78. The molecule has 1 aromatic rings. The molecule has 0 aliphatic carbocycles. The summed E-state index contributed by atoms with van der Waals surface area (Å²) < 4.78 is 0. The summed E-state index contributed by atoms with van der Waals surface area (Å²) in [7, 11) is 0. The first kappa shape index (κ1) is 14.8. The molecule has 1 heterocycles. The molecule has 0 amide bonds. The maximum atomic E-state index is 5.78. The van der Waals surface area contributed by atoms with E-state index in [0.717, 1.165) is 13.1 Å². The number of nitrogens with two attached hydrogens (primary N) is 1. The molecule has 1 fully saturated rings. The van der Waals surface area contributed by atoms with Crippen molar-refractivity contribution in [1.29, 1.82) is 0 Å². The normalized spacial score (nSPS) is 20.2. The van der Waals surface area contributed by atoms with Gasteiger partial charge in [-0.25, -0.2) is 0 Å². The Morgan fingerprint density at radius 3 is 2.65 bits per heavy atom. The van der Waals surface area contributed by atoms with Crippen molar-refractivity contribution in [2.24, 2.45) is 5.73 Å². The molecule has 1 aromatic carbocycles. The number of likely N-dealkylation sites (tertiary alicyclic amines) is 1. The zero-order valence-corrected chi connectivity index (χ0v) is 11.9. The second-order valence-electron chi connectivity index (χ2n) is 4.35. The third-order valence-corrected chi connectivity index (χ3v) is 4.06. The molecule has 0 spiro atoms. The Kier molecular flexibility index (Phi) is 6.34. The van der Waals surface area contributed by atoms with E-state index in [1.807, 2.05) is 0 Å². The summed E-state index contributed by atoms with van der Waals surface area (Å²) in [5.41, 5.74) is 7.18. The first-order valence-electron chi connectivity index (χ1n) is 5.90. The van der Waals surface area contributed by atoms with Crippen LogP contribution < -0.4 is 5.73 Å². The lowest BCUT2D eigenvalue weighted by molar-refractivity contribution is 0.250. The lowest BCUT2D eigenvalue weighted by atomic mass is 10.2. The minimum Gasteiger partial charge on any atom is -0.329 e. The Morgan fingerprint density at radius 2 is 2.06 bits per heavy atom. The van der Waals surface area contributed by atoms with E-state index >= 15 is 0 Å². The van der Waals surface area contributed by atoms with E-state index in [0.29, 0.717) is 6.04 Å². The number of nitrogens with zero attached hydrogens (tertiary/aromatic N) is 1. The average Bonchev–Trinajstić information content (AvgIpc) is 2.77. The second kappa shape index (κ2) is 7.27. The summed E-state index contributed by atoms with van der Waals surface area (Å²) in [6, 6.07) is 9.47. The van der Waals surface area contributed by atoms with Gasteiger partial charge in [-0.15, -0.1) is 24.2 Å². The summed E-state index contributed by atoms with van der Waals surface area (Å²) in [6.07, 6.45) is 4.67. The highest BCUT2D eigenvalue weighted by molar-refractivity contribution is 7.98. The molecule has 1 atom stereocenters. The van der Waals surface area contributed by atoms with Gasteiger partial charge in [0.25, 0.3) is 0 Å². The molecule has 1 unspecified atom stereocenters. The third-order valence-electron chi connectivity index (χ3n) is 3.32. The maximum Gasteiger partial charge on any atom is 0.0237 e. The Labute approximate surface area is 114 Å². The highest BCUT2D eigenvalue weighted by Gasteiger charge is 2.22. The zero-order chi connectivity index (χ0) is 11.4.